The lowest BCUT2D eigenvalue weighted by atomic mass is 10.2. The molecular formula is C21H13Cl2IN2O3. The molecule has 3 aromatic carbocycles. The van der Waals surface area contributed by atoms with E-state index >= 15 is 0 Å². The number of carbonyl (C=O) groups is 2. The van der Waals surface area contributed by atoms with Gasteiger partial charge >= 0.3 is 5.97 Å². The second kappa shape index (κ2) is 9.87. The molecule has 146 valence electrons. The van der Waals surface area contributed by atoms with E-state index in [9.17, 15) is 9.59 Å². The molecule has 0 aliphatic rings. The maximum absolute atomic E-state index is 12.2. The van der Waals surface area contributed by atoms with E-state index in [1.54, 1.807) is 42.5 Å². The van der Waals surface area contributed by atoms with Crippen LogP contribution in [0.2, 0.25) is 10.0 Å². The Balaban J connectivity index is 1.58. The van der Waals surface area contributed by atoms with Gasteiger partial charge in [0.2, 0.25) is 0 Å². The predicted octanol–water partition coefficient (Wildman–Crippen LogP) is 5.58. The Morgan fingerprint density at radius 1 is 0.931 bits per heavy atom. The molecule has 0 aliphatic heterocycles. The maximum Gasteiger partial charge on any atom is 0.343 e. The minimum absolute atomic E-state index is 0.278. The van der Waals surface area contributed by atoms with Gasteiger partial charge in [0.25, 0.3) is 5.91 Å². The van der Waals surface area contributed by atoms with Gasteiger partial charge < -0.3 is 4.74 Å². The summed E-state index contributed by atoms with van der Waals surface area (Å²) in [6, 6.07) is 18.4. The molecule has 0 aromatic heterocycles. The SMILES string of the molecule is O=C(N/N=C\c1ccc(OC(=O)c2ccc(Cl)c(Cl)c2)cc1)c1cccc(I)c1. The molecule has 29 heavy (non-hydrogen) atoms. The van der Waals surface area contributed by atoms with E-state index in [2.05, 4.69) is 33.1 Å². The highest BCUT2D eigenvalue weighted by Gasteiger charge is 2.10. The summed E-state index contributed by atoms with van der Waals surface area (Å²) < 4.78 is 6.27. The average molecular weight is 539 g/mol. The number of ether oxygens (including phenoxy) is 1. The smallest absolute Gasteiger partial charge is 0.343 e. The van der Waals surface area contributed by atoms with Gasteiger partial charge in [0.15, 0.2) is 0 Å². The molecule has 5 nitrogen and oxygen atoms in total. The molecule has 0 heterocycles. The Bertz CT molecular complexity index is 1090. The summed E-state index contributed by atoms with van der Waals surface area (Å²) in [4.78, 5) is 24.2. The van der Waals surface area contributed by atoms with E-state index in [0.29, 0.717) is 21.9 Å². The summed E-state index contributed by atoms with van der Waals surface area (Å²) in [5.41, 5.74) is 4.02. The lowest BCUT2D eigenvalue weighted by Gasteiger charge is -2.05. The van der Waals surface area contributed by atoms with E-state index in [4.69, 9.17) is 27.9 Å². The fraction of sp³-hybridized carbons (Fsp3) is 0. The summed E-state index contributed by atoms with van der Waals surface area (Å²) >= 11 is 13.9. The van der Waals surface area contributed by atoms with Gasteiger partial charge in [-0.15, -0.1) is 0 Å². The van der Waals surface area contributed by atoms with Gasteiger partial charge in [-0.2, -0.15) is 5.10 Å². The number of nitrogens with zero attached hydrogens (tertiary/aromatic N) is 1. The number of nitrogens with one attached hydrogen (secondary N) is 1. The van der Waals surface area contributed by atoms with Crippen molar-refractivity contribution in [3.05, 3.63) is 97.0 Å². The Kier molecular flexibility index (Phi) is 7.24. The molecule has 0 spiro atoms. The third-order valence-corrected chi connectivity index (χ3v) is 5.12. The molecule has 0 bridgehead atoms. The van der Waals surface area contributed by atoms with Crippen molar-refractivity contribution in [2.45, 2.75) is 0 Å². The summed E-state index contributed by atoms with van der Waals surface area (Å²) in [6.07, 6.45) is 1.50. The number of hydrogen-bond donors (Lipinski definition) is 1. The highest BCUT2D eigenvalue weighted by Crippen LogP contribution is 2.23. The van der Waals surface area contributed by atoms with Crippen LogP contribution in [0.4, 0.5) is 0 Å². The number of amides is 1. The second-order valence-corrected chi connectivity index (χ2v) is 7.86. The largest absolute Gasteiger partial charge is 0.423 e. The highest BCUT2D eigenvalue weighted by molar-refractivity contribution is 14.1. The van der Waals surface area contributed by atoms with Gasteiger partial charge in [-0.1, -0.05) is 29.3 Å². The molecule has 0 saturated heterocycles. The van der Waals surface area contributed by atoms with Gasteiger partial charge in [-0.25, -0.2) is 10.2 Å². The van der Waals surface area contributed by atoms with Crippen LogP contribution in [-0.2, 0) is 0 Å². The van der Waals surface area contributed by atoms with Crippen molar-refractivity contribution in [3.8, 4) is 5.75 Å². The first-order chi connectivity index (χ1) is 13.9. The topological polar surface area (TPSA) is 67.8 Å². The molecule has 1 N–H and O–H groups in total. The van der Waals surface area contributed by atoms with Crippen molar-refractivity contribution >= 4 is 63.9 Å². The van der Waals surface area contributed by atoms with E-state index < -0.39 is 5.97 Å². The summed E-state index contributed by atoms with van der Waals surface area (Å²) in [5, 5.41) is 4.58. The number of esters is 1. The summed E-state index contributed by atoms with van der Waals surface area (Å²) in [7, 11) is 0. The molecule has 0 unspecified atom stereocenters. The van der Waals surface area contributed by atoms with Gasteiger partial charge in [0.05, 0.1) is 21.8 Å². The second-order valence-electron chi connectivity index (χ2n) is 5.80. The minimum Gasteiger partial charge on any atom is -0.423 e. The molecule has 3 rings (SSSR count). The van der Waals surface area contributed by atoms with Crippen molar-refractivity contribution in [1.82, 2.24) is 5.43 Å². The van der Waals surface area contributed by atoms with Crippen LogP contribution in [0.5, 0.6) is 5.75 Å². The van der Waals surface area contributed by atoms with Crippen molar-refractivity contribution in [1.29, 1.82) is 0 Å². The van der Waals surface area contributed by atoms with Crippen molar-refractivity contribution in [2.24, 2.45) is 5.10 Å². The van der Waals surface area contributed by atoms with Crippen LogP contribution < -0.4 is 10.2 Å². The standard InChI is InChI=1S/C21H13Cl2IN2O3/c22-18-9-6-15(11-19(18)23)21(28)29-17-7-4-13(5-8-17)12-25-26-20(27)14-2-1-3-16(24)10-14/h1-12H,(H,26,27)/b25-12-. The molecule has 0 saturated carbocycles. The predicted molar refractivity (Wildman–Crippen MR) is 122 cm³/mol. The molecule has 3 aromatic rings. The molecule has 0 atom stereocenters. The van der Waals surface area contributed by atoms with Gasteiger partial charge in [0, 0.05) is 9.13 Å². The van der Waals surface area contributed by atoms with Gasteiger partial charge in [-0.05, 0) is 88.8 Å². The van der Waals surface area contributed by atoms with Gasteiger partial charge in [-0.3, -0.25) is 4.79 Å². The number of hydrazone groups is 1. The Morgan fingerprint density at radius 2 is 1.69 bits per heavy atom. The molecular weight excluding hydrogens is 526 g/mol. The lowest BCUT2D eigenvalue weighted by molar-refractivity contribution is 0.0734. The van der Waals surface area contributed by atoms with E-state index in [-0.39, 0.29) is 10.9 Å². The fourth-order valence-electron chi connectivity index (χ4n) is 2.27. The molecule has 1 amide bonds. The Morgan fingerprint density at radius 3 is 2.38 bits per heavy atom. The first-order valence-corrected chi connectivity index (χ1v) is 10.1. The quantitative estimate of drug-likeness (QED) is 0.151. The molecule has 0 fully saturated rings. The summed E-state index contributed by atoms with van der Waals surface area (Å²) in [5.74, 6) is -0.484. The van der Waals surface area contributed by atoms with Crippen LogP contribution in [0.1, 0.15) is 26.3 Å². The summed E-state index contributed by atoms with van der Waals surface area (Å²) in [6.45, 7) is 0. The fourth-order valence-corrected chi connectivity index (χ4v) is 3.11. The number of rotatable bonds is 5. The van der Waals surface area contributed by atoms with Crippen LogP contribution in [0.3, 0.4) is 0 Å². The Hall–Kier alpha value is -2.42. The maximum atomic E-state index is 12.2. The number of benzene rings is 3. The number of carbonyl (C=O) groups excluding carboxylic acids is 2. The number of hydrogen-bond acceptors (Lipinski definition) is 4. The third-order valence-electron chi connectivity index (χ3n) is 3.71. The van der Waals surface area contributed by atoms with E-state index in [1.165, 1.54) is 24.4 Å². The minimum atomic E-state index is -0.547. The van der Waals surface area contributed by atoms with Crippen LogP contribution >= 0.6 is 45.8 Å². The lowest BCUT2D eigenvalue weighted by Crippen LogP contribution is -2.17. The molecule has 0 aliphatic carbocycles. The molecule has 0 radical (unpaired) electrons. The first kappa shape index (κ1) is 21.3. The van der Waals surface area contributed by atoms with Crippen LogP contribution in [0.15, 0.2) is 71.8 Å². The van der Waals surface area contributed by atoms with Crippen LogP contribution in [-0.4, -0.2) is 18.1 Å². The van der Waals surface area contributed by atoms with E-state index in [1.807, 2.05) is 6.07 Å². The van der Waals surface area contributed by atoms with Gasteiger partial charge in [0.1, 0.15) is 5.75 Å². The monoisotopic (exact) mass is 538 g/mol. The molecule has 8 heteroatoms. The van der Waals surface area contributed by atoms with Crippen LogP contribution in [0, 0.1) is 3.57 Å². The zero-order chi connectivity index (χ0) is 20.8. The average Bonchev–Trinajstić information content (AvgIpc) is 2.71. The zero-order valence-corrected chi connectivity index (χ0v) is 18.4. The van der Waals surface area contributed by atoms with Crippen molar-refractivity contribution < 1.29 is 14.3 Å². The zero-order valence-electron chi connectivity index (χ0n) is 14.7. The number of halogens is 3. The first-order valence-electron chi connectivity index (χ1n) is 8.28. The van der Waals surface area contributed by atoms with Crippen LogP contribution in [0.25, 0.3) is 0 Å². The van der Waals surface area contributed by atoms with Crippen molar-refractivity contribution in [3.63, 3.8) is 0 Å². The Labute approximate surface area is 190 Å². The van der Waals surface area contributed by atoms with E-state index in [0.717, 1.165) is 9.13 Å². The normalized spacial score (nSPS) is 10.7. The highest BCUT2D eigenvalue weighted by atomic mass is 127. The third kappa shape index (κ3) is 6.03. The van der Waals surface area contributed by atoms with Crippen molar-refractivity contribution in [2.75, 3.05) is 0 Å².